The zero-order chi connectivity index (χ0) is 74.0. The highest BCUT2D eigenvalue weighted by atomic mass is 16.3. The molecule has 5 unspecified atom stereocenters. The van der Waals surface area contributed by atoms with Crippen LogP contribution in [0.2, 0.25) is 0 Å². The van der Waals surface area contributed by atoms with E-state index in [4.69, 9.17) is 11.5 Å². The highest BCUT2D eigenvalue weighted by Gasteiger charge is 2.45. The summed E-state index contributed by atoms with van der Waals surface area (Å²) in [5.41, 5.74) is 11.0. The maximum Gasteiger partial charge on any atom is 0.248 e. The molecular weight excluding hydrogens is 1260 g/mol. The highest BCUT2D eigenvalue weighted by molar-refractivity contribution is 6.01. The Balaban J connectivity index is 2.96. The van der Waals surface area contributed by atoms with Crippen molar-refractivity contribution in [2.75, 3.05) is 13.6 Å². The normalized spacial score (nSPS) is 27.7. The maximum absolute atomic E-state index is 14.7. The third kappa shape index (κ3) is 27.0. The molecule has 0 aromatic heterocycles. The first-order valence-corrected chi connectivity index (χ1v) is 34.1. The first kappa shape index (κ1) is 85.5. The minimum Gasteiger partial charge on any atom is -0.391 e. The van der Waals surface area contributed by atoms with Crippen molar-refractivity contribution in [3.05, 3.63) is 0 Å². The molecule has 2 rings (SSSR count). The fraction of sp³-hybridized carbons (Fsp3) is 0.785. The van der Waals surface area contributed by atoms with Crippen LogP contribution in [0.5, 0.6) is 0 Å². The monoisotopic (exact) mass is 1380 g/mol. The summed E-state index contributed by atoms with van der Waals surface area (Å²) in [6.45, 7) is 21.9. The van der Waals surface area contributed by atoms with Gasteiger partial charge in [0.05, 0.1) is 18.3 Å². The van der Waals surface area contributed by atoms with Crippen molar-refractivity contribution in [1.82, 2.24) is 63.0 Å². The van der Waals surface area contributed by atoms with E-state index in [9.17, 15) is 87.5 Å². The third-order valence-corrected chi connectivity index (χ3v) is 17.4. The molecule has 32 heteroatoms. The molecule has 18 N–H and O–H groups in total. The molecule has 17 atom stereocenters. The molecule has 2 fully saturated rings. The largest absolute Gasteiger partial charge is 0.391 e. The second kappa shape index (κ2) is 41.0. The number of carbonyl (C=O) groups excluding carboxylic acids is 14. The van der Waals surface area contributed by atoms with Crippen LogP contribution in [0.15, 0.2) is 0 Å². The predicted molar refractivity (Wildman–Crippen MR) is 355 cm³/mol. The fourth-order valence-electron chi connectivity index (χ4n) is 11.5. The van der Waals surface area contributed by atoms with E-state index in [1.54, 1.807) is 62.3 Å². The first-order valence-electron chi connectivity index (χ1n) is 34.1. The number of nitrogens with two attached hydrogens (primary N) is 2. The Bertz CT molecular complexity index is 2710. The molecule has 14 amide bonds. The number of unbranched alkanes of at least 4 members (excludes halogenated alkanes) is 4. The van der Waals surface area contributed by atoms with Gasteiger partial charge in [-0.2, -0.15) is 0 Å². The van der Waals surface area contributed by atoms with Crippen molar-refractivity contribution >= 4 is 82.7 Å². The van der Waals surface area contributed by atoms with E-state index in [-0.39, 0.29) is 56.9 Å². The number of rotatable bonds is 22. The molecular formula is C65H114N14O18. The topological polar surface area (TPSA) is 499 Å². The van der Waals surface area contributed by atoms with Gasteiger partial charge in [0.15, 0.2) is 6.10 Å². The van der Waals surface area contributed by atoms with Gasteiger partial charge in [0.2, 0.25) is 82.7 Å². The minimum absolute atomic E-state index is 0.00541. The van der Waals surface area contributed by atoms with Crippen LogP contribution in [-0.2, 0) is 67.1 Å². The zero-order valence-corrected chi connectivity index (χ0v) is 59.3. The number of nitrogens with one attached hydrogen (secondary N) is 10. The summed E-state index contributed by atoms with van der Waals surface area (Å²) in [6, 6.07) is -19.0. The number of nitrogens with zero attached hydrogens (tertiary/aromatic N) is 2. The van der Waals surface area contributed by atoms with Crippen molar-refractivity contribution in [3.8, 4) is 0 Å². The molecule has 0 aromatic carbocycles. The Labute approximate surface area is 569 Å². The van der Waals surface area contributed by atoms with Gasteiger partial charge in [0, 0.05) is 32.5 Å². The number of primary amides is 2. The van der Waals surface area contributed by atoms with E-state index in [2.05, 4.69) is 53.2 Å². The number of hydrogen-bond donors (Lipinski definition) is 16. The summed E-state index contributed by atoms with van der Waals surface area (Å²) < 4.78 is 0. The van der Waals surface area contributed by atoms with E-state index in [1.807, 2.05) is 6.92 Å². The lowest BCUT2D eigenvalue weighted by Crippen LogP contribution is -2.65. The Morgan fingerprint density at radius 2 is 1.02 bits per heavy atom. The first-order chi connectivity index (χ1) is 45.2. The van der Waals surface area contributed by atoms with Gasteiger partial charge in [0.1, 0.15) is 66.5 Å². The number of amides is 14. The van der Waals surface area contributed by atoms with Gasteiger partial charge in [-0.25, -0.2) is 0 Å². The number of aliphatic hydroxyl groups is 4. The van der Waals surface area contributed by atoms with Crippen LogP contribution in [0.3, 0.4) is 0 Å². The van der Waals surface area contributed by atoms with Crippen LogP contribution in [0, 0.1) is 29.6 Å². The lowest BCUT2D eigenvalue weighted by atomic mass is 9.95. The highest BCUT2D eigenvalue weighted by Crippen LogP contribution is 2.23. The molecule has 2 saturated heterocycles. The van der Waals surface area contributed by atoms with Crippen LogP contribution >= 0.6 is 0 Å². The summed E-state index contributed by atoms with van der Waals surface area (Å²) in [7, 11) is 1.16. The quantitative estimate of drug-likeness (QED) is 0.0484. The number of fused-ring (bicyclic) bond motifs is 1. The van der Waals surface area contributed by atoms with Crippen molar-refractivity contribution in [2.45, 2.75) is 284 Å². The molecule has 0 aromatic rings. The van der Waals surface area contributed by atoms with Crippen LogP contribution in [0.4, 0.5) is 0 Å². The van der Waals surface area contributed by atoms with Gasteiger partial charge in [0.25, 0.3) is 0 Å². The van der Waals surface area contributed by atoms with Gasteiger partial charge in [-0.05, 0) is 88.9 Å². The molecule has 0 saturated carbocycles. The Morgan fingerprint density at radius 1 is 0.526 bits per heavy atom. The number of hydrogen-bond acceptors (Lipinski definition) is 18. The van der Waals surface area contributed by atoms with E-state index in [0.29, 0.717) is 12.8 Å². The van der Waals surface area contributed by atoms with Crippen LogP contribution < -0.4 is 64.6 Å². The minimum atomic E-state index is -2.53. The molecule has 2 aliphatic heterocycles. The van der Waals surface area contributed by atoms with E-state index >= 15 is 0 Å². The SMILES string of the molecule is CCCCCCC[C@@H]1CC(=O)N[C@@H](C(C)C)C(=O)N[C@H]([C@@H](O)C(C)C)C(=O)NC(C)C(=O)N[C@H](CC(C)C)C(=O)NC(CCC(N)=O)C(=O)N(C)C([C@@H](C)CC)C(=O)N[C@H]([C@@H](O)C(N)=O)C(=O)N[C@@H]([C@@H](C)O)C(=O)N2CCC[C@H]2C(=O)NC(CC(C)C)C(=O)N[C@@H](C(C)O)C(=O)N1. The summed E-state index contributed by atoms with van der Waals surface area (Å²) in [5, 5.41) is 70.1. The third-order valence-electron chi connectivity index (χ3n) is 17.4. The van der Waals surface area contributed by atoms with E-state index in [1.165, 1.54) is 20.8 Å². The van der Waals surface area contributed by atoms with Crippen molar-refractivity contribution in [1.29, 1.82) is 0 Å². The van der Waals surface area contributed by atoms with Gasteiger partial charge in [-0.15, -0.1) is 0 Å². The lowest BCUT2D eigenvalue weighted by molar-refractivity contribution is -0.148. The fourth-order valence-corrected chi connectivity index (χ4v) is 11.5. The van der Waals surface area contributed by atoms with E-state index in [0.717, 1.165) is 43.0 Å². The molecule has 552 valence electrons. The Morgan fingerprint density at radius 3 is 1.54 bits per heavy atom. The second-order valence-corrected chi connectivity index (χ2v) is 27.6. The standard InChI is InChI=1S/C65H114N14O18/c1-16-18-19-20-21-23-39-30-45(83)73-46(33(7)8)59(91)76-49(52(84)34(9)10)61(93)68-36(12)55(87)71-41(28-31(3)4)56(88)70-40(25-26-44(66)82)64(96)78(15)51(35(11)17-2)63(95)77-50(53(85)54(67)86)62(94)75-48(38(14)81)65(97)79-27-22-24-43(79)58(90)72-42(29-32(5)6)57(89)74-47(37(13)80)60(92)69-39/h31-43,46-53,80-81,84-85H,16-30H2,1-15H3,(H2,66,82)(H2,67,86)(H,68,93)(H,69,92)(H,70,88)(H,71,87)(H,72,90)(H,73,83)(H,74,89)(H,75,94)(H,76,91)(H,77,95)/t35-,36?,37?,38+,39+,40?,41+,42?,43-,46-,47-,48-,49+,50+,51?,52-,53+/m0/s1. The average molecular weight is 1380 g/mol. The molecule has 2 aliphatic rings. The molecule has 0 aliphatic carbocycles. The second-order valence-electron chi connectivity index (χ2n) is 27.6. The smallest absolute Gasteiger partial charge is 0.248 e. The molecule has 97 heavy (non-hydrogen) atoms. The molecule has 0 spiro atoms. The summed E-state index contributed by atoms with van der Waals surface area (Å²) in [6.07, 6.45) is -4.49. The average Bonchev–Trinajstić information content (AvgIpc) is 1.75. The Kier molecular flexibility index (Phi) is 36.1. The summed E-state index contributed by atoms with van der Waals surface area (Å²) >= 11 is 0. The van der Waals surface area contributed by atoms with Crippen LogP contribution in [-0.4, -0.2) is 223 Å². The zero-order valence-electron chi connectivity index (χ0n) is 59.3. The lowest BCUT2D eigenvalue weighted by Gasteiger charge is -2.36. The van der Waals surface area contributed by atoms with Gasteiger partial charge in [-0.1, -0.05) is 115 Å². The van der Waals surface area contributed by atoms with Crippen molar-refractivity contribution in [3.63, 3.8) is 0 Å². The molecule has 32 nitrogen and oxygen atoms in total. The molecule has 0 bridgehead atoms. The number of carbonyl (C=O) groups is 14. The summed E-state index contributed by atoms with van der Waals surface area (Å²) in [5.74, 6) is -17.2. The van der Waals surface area contributed by atoms with Gasteiger partial charge < -0.3 is 94.9 Å². The van der Waals surface area contributed by atoms with Crippen LogP contribution in [0.1, 0.15) is 187 Å². The van der Waals surface area contributed by atoms with Gasteiger partial charge >= 0.3 is 0 Å². The molecule has 0 radical (unpaired) electrons. The number of aliphatic hydroxyl groups excluding tert-OH is 4. The van der Waals surface area contributed by atoms with Crippen molar-refractivity contribution in [2.24, 2.45) is 41.1 Å². The Hall–Kier alpha value is -7.58. The maximum atomic E-state index is 14.7. The summed E-state index contributed by atoms with van der Waals surface area (Å²) in [4.78, 5) is 199. The molecule has 2 heterocycles. The number of likely N-dealkylation sites (N-methyl/N-ethyl adjacent to an activating group) is 1. The predicted octanol–water partition coefficient (Wildman–Crippen LogP) is -2.88. The van der Waals surface area contributed by atoms with Gasteiger partial charge in [-0.3, -0.25) is 67.1 Å². The van der Waals surface area contributed by atoms with E-state index < -0.39 is 217 Å². The van der Waals surface area contributed by atoms with Crippen molar-refractivity contribution < 1.29 is 87.5 Å². The van der Waals surface area contributed by atoms with Crippen LogP contribution in [0.25, 0.3) is 0 Å².